The summed E-state index contributed by atoms with van der Waals surface area (Å²) in [5.74, 6) is 0. The Balaban J connectivity index is 1.34. The van der Waals surface area contributed by atoms with Crippen molar-refractivity contribution in [1.29, 1.82) is 0 Å². The van der Waals surface area contributed by atoms with Gasteiger partial charge in [0.2, 0.25) is 0 Å². The molecule has 0 spiro atoms. The van der Waals surface area contributed by atoms with Crippen molar-refractivity contribution >= 4 is 9.28 Å². The van der Waals surface area contributed by atoms with Crippen LogP contribution < -0.4 is 0 Å². The molecule has 3 saturated heterocycles. The van der Waals surface area contributed by atoms with Gasteiger partial charge in [0.1, 0.15) is 18.5 Å². The highest BCUT2D eigenvalue weighted by molar-refractivity contribution is 6.44. The van der Waals surface area contributed by atoms with Crippen LogP contribution in [0.15, 0.2) is 0 Å². The fraction of sp³-hybridized carbons (Fsp3) is 1.00. The average molecular weight is 246 g/mol. The van der Waals surface area contributed by atoms with Crippen LogP contribution in [0.5, 0.6) is 0 Å². The minimum atomic E-state index is -1.49. The van der Waals surface area contributed by atoms with Crippen molar-refractivity contribution in [2.24, 2.45) is 0 Å². The van der Waals surface area contributed by atoms with Crippen LogP contribution in [0.4, 0.5) is 0 Å². The first-order valence-electron chi connectivity index (χ1n) is 6.02. The predicted octanol–water partition coefficient (Wildman–Crippen LogP) is 0.174. The zero-order valence-corrected chi connectivity index (χ0v) is 10.5. The molecule has 0 aromatic carbocycles. The summed E-state index contributed by atoms with van der Waals surface area (Å²) in [5.41, 5.74) is 0. The van der Waals surface area contributed by atoms with E-state index in [-0.39, 0.29) is 6.29 Å². The van der Waals surface area contributed by atoms with E-state index in [1.54, 1.807) is 0 Å². The Bertz CT molecular complexity index is 209. The lowest BCUT2D eigenvalue weighted by atomic mass is 10.3. The van der Waals surface area contributed by atoms with E-state index in [1.165, 1.54) is 0 Å². The van der Waals surface area contributed by atoms with Crippen LogP contribution in [0.3, 0.4) is 0 Å². The van der Waals surface area contributed by atoms with Crippen molar-refractivity contribution in [3.8, 4) is 0 Å². The molecule has 3 heterocycles. The van der Waals surface area contributed by atoms with Gasteiger partial charge in [0.05, 0.1) is 26.4 Å². The van der Waals surface area contributed by atoms with Crippen LogP contribution in [0, 0.1) is 0 Å². The van der Waals surface area contributed by atoms with Gasteiger partial charge in [0.15, 0.2) is 0 Å². The van der Waals surface area contributed by atoms with Gasteiger partial charge in [-0.05, 0) is 18.9 Å². The molecule has 0 saturated carbocycles. The molecule has 0 N–H and O–H groups in total. The maximum absolute atomic E-state index is 5.83. The van der Waals surface area contributed by atoms with E-state index in [1.807, 2.05) is 0 Å². The third kappa shape index (κ3) is 3.51. The molecule has 3 aliphatic heterocycles. The van der Waals surface area contributed by atoms with Crippen molar-refractivity contribution in [3.63, 3.8) is 0 Å². The largest absolute Gasteiger partial charge is 0.394 e. The molecule has 92 valence electrons. The van der Waals surface area contributed by atoms with Crippen LogP contribution in [0.2, 0.25) is 6.04 Å². The molecule has 3 fully saturated rings. The number of ether oxygens (including phenoxy) is 3. The minimum Gasteiger partial charge on any atom is -0.394 e. The van der Waals surface area contributed by atoms with Crippen LogP contribution in [0.25, 0.3) is 0 Å². The standard InChI is InChI=1S/C10H18O5Si/c1-2-10(13-6-8-4-11-8)15-16(3-1)14-7-9-5-12-9/h8-10,16H,1-7H2. The van der Waals surface area contributed by atoms with Gasteiger partial charge in [-0.2, -0.15) is 0 Å². The van der Waals surface area contributed by atoms with Gasteiger partial charge in [-0.25, -0.2) is 0 Å². The molecule has 3 aliphatic rings. The summed E-state index contributed by atoms with van der Waals surface area (Å²) >= 11 is 0. The monoisotopic (exact) mass is 246 g/mol. The first kappa shape index (κ1) is 11.1. The van der Waals surface area contributed by atoms with Crippen LogP contribution in [-0.2, 0) is 23.1 Å². The van der Waals surface area contributed by atoms with E-state index < -0.39 is 9.28 Å². The molecule has 16 heavy (non-hydrogen) atoms. The number of epoxide rings is 2. The average Bonchev–Trinajstić information content (AvgIpc) is 3.17. The zero-order valence-electron chi connectivity index (χ0n) is 9.30. The summed E-state index contributed by atoms with van der Waals surface area (Å²) in [6.45, 7) is 3.05. The lowest BCUT2D eigenvalue weighted by molar-refractivity contribution is -0.110. The number of hydrogen-bond donors (Lipinski definition) is 0. The highest BCUT2D eigenvalue weighted by Crippen LogP contribution is 2.21. The number of rotatable bonds is 6. The van der Waals surface area contributed by atoms with E-state index in [4.69, 9.17) is 23.1 Å². The maximum Gasteiger partial charge on any atom is 0.323 e. The molecule has 0 amide bonds. The van der Waals surface area contributed by atoms with Gasteiger partial charge in [0, 0.05) is 0 Å². The van der Waals surface area contributed by atoms with Crippen LogP contribution in [-0.4, -0.2) is 54.2 Å². The fourth-order valence-electron chi connectivity index (χ4n) is 1.76. The third-order valence-corrected chi connectivity index (χ3v) is 4.97. The Kier molecular flexibility index (Phi) is 3.56. The molecule has 6 heteroatoms. The van der Waals surface area contributed by atoms with Gasteiger partial charge >= 0.3 is 9.28 Å². The Labute approximate surface area is 96.8 Å². The van der Waals surface area contributed by atoms with E-state index in [9.17, 15) is 0 Å². The third-order valence-electron chi connectivity index (χ3n) is 2.92. The molecule has 4 atom stereocenters. The predicted molar refractivity (Wildman–Crippen MR) is 57.4 cm³/mol. The molecular weight excluding hydrogens is 228 g/mol. The van der Waals surface area contributed by atoms with Gasteiger partial charge in [-0.3, -0.25) is 0 Å². The van der Waals surface area contributed by atoms with Crippen molar-refractivity contribution < 1.29 is 23.1 Å². The Morgan fingerprint density at radius 2 is 1.88 bits per heavy atom. The first-order valence-corrected chi connectivity index (χ1v) is 7.78. The van der Waals surface area contributed by atoms with Crippen molar-refractivity contribution in [3.05, 3.63) is 0 Å². The first-order chi connectivity index (χ1) is 7.90. The Hall–Kier alpha value is 0.0169. The molecule has 0 aromatic heterocycles. The quantitative estimate of drug-likeness (QED) is 0.494. The molecular formula is C10H18O5Si. The summed E-state index contributed by atoms with van der Waals surface area (Å²) in [7, 11) is -1.49. The van der Waals surface area contributed by atoms with E-state index in [0.717, 1.165) is 32.1 Å². The highest BCUT2D eigenvalue weighted by Gasteiger charge is 2.31. The summed E-state index contributed by atoms with van der Waals surface area (Å²) < 4.78 is 27.4. The normalized spacial score (nSPS) is 42.0. The lowest BCUT2D eigenvalue weighted by Gasteiger charge is -2.28. The topological polar surface area (TPSA) is 52.8 Å². The van der Waals surface area contributed by atoms with E-state index in [0.29, 0.717) is 25.4 Å². The summed E-state index contributed by atoms with van der Waals surface area (Å²) in [5, 5.41) is 0. The fourth-order valence-corrected chi connectivity index (χ4v) is 3.69. The SMILES string of the molecule is C1CC(OCC2CO2)O[SiH](OCC2CO2)C1. The van der Waals surface area contributed by atoms with Crippen molar-refractivity contribution in [1.82, 2.24) is 0 Å². The van der Waals surface area contributed by atoms with Crippen molar-refractivity contribution in [2.75, 3.05) is 26.4 Å². The molecule has 0 bridgehead atoms. The Morgan fingerprint density at radius 3 is 2.62 bits per heavy atom. The second-order valence-corrected chi connectivity index (χ2v) is 6.55. The maximum atomic E-state index is 5.83. The van der Waals surface area contributed by atoms with Crippen LogP contribution in [0.1, 0.15) is 12.8 Å². The van der Waals surface area contributed by atoms with Gasteiger partial charge < -0.3 is 23.1 Å². The Morgan fingerprint density at radius 1 is 1.12 bits per heavy atom. The molecule has 3 rings (SSSR count). The lowest BCUT2D eigenvalue weighted by Crippen LogP contribution is -2.36. The summed E-state index contributed by atoms with van der Waals surface area (Å²) in [4.78, 5) is 0. The van der Waals surface area contributed by atoms with Gasteiger partial charge in [-0.15, -0.1) is 0 Å². The number of hydrogen-bond acceptors (Lipinski definition) is 5. The second kappa shape index (κ2) is 5.12. The van der Waals surface area contributed by atoms with E-state index in [2.05, 4.69) is 0 Å². The van der Waals surface area contributed by atoms with Gasteiger partial charge in [0.25, 0.3) is 0 Å². The summed E-state index contributed by atoms with van der Waals surface area (Å²) in [6, 6.07) is 1.09. The molecule has 4 unspecified atom stereocenters. The molecule has 0 aromatic rings. The highest BCUT2D eigenvalue weighted by atomic mass is 28.3. The van der Waals surface area contributed by atoms with Crippen molar-refractivity contribution in [2.45, 2.75) is 37.4 Å². The summed E-state index contributed by atoms with van der Waals surface area (Å²) in [6.07, 6.45) is 2.72. The van der Waals surface area contributed by atoms with Crippen LogP contribution >= 0.6 is 0 Å². The van der Waals surface area contributed by atoms with E-state index >= 15 is 0 Å². The second-order valence-electron chi connectivity index (χ2n) is 4.50. The molecule has 0 radical (unpaired) electrons. The van der Waals surface area contributed by atoms with Gasteiger partial charge in [-0.1, -0.05) is 0 Å². The molecule has 0 aliphatic carbocycles. The molecule has 5 nitrogen and oxygen atoms in total. The minimum absolute atomic E-state index is 0.0604. The zero-order chi connectivity index (χ0) is 10.8. The smallest absolute Gasteiger partial charge is 0.323 e.